The predicted octanol–water partition coefficient (Wildman–Crippen LogP) is 3.58. The maximum Gasteiger partial charge on any atom is 0.481 e. The fourth-order valence-corrected chi connectivity index (χ4v) is 9.99. The normalized spacial score (nSPS) is 35.3. The summed E-state index contributed by atoms with van der Waals surface area (Å²) >= 11 is 0. The summed E-state index contributed by atoms with van der Waals surface area (Å²) in [6.07, 6.45) is 7.10. The van der Waals surface area contributed by atoms with Crippen LogP contribution < -0.4 is 10.6 Å². The predicted molar refractivity (Wildman–Crippen MR) is 183 cm³/mol. The van der Waals surface area contributed by atoms with E-state index in [4.69, 9.17) is 14.0 Å². The van der Waals surface area contributed by atoms with E-state index < -0.39 is 54.9 Å². The van der Waals surface area contributed by atoms with Crippen molar-refractivity contribution in [3.8, 4) is 0 Å². The number of rotatable bonds is 8. The smallest absolute Gasteiger partial charge is 0.444 e. The van der Waals surface area contributed by atoms with Gasteiger partial charge in [0, 0.05) is 19.5 Å². The lowest BCUT2D eigenvalue weighted by Gasteiger charge is -2.64. The molecule has 3 aliphatic heterocycles. The van der Waals surface area contributed by atoms with Crippen LogP contribution in [-0.4, -0.2) is 106 Å². The quantitative estimate of drug-likeness (QED) is 0.329. The van der Waals surface area contributed by atoms with Crippen molar-refractivity contribution in [2.24, 2.45) is 23.2 Å². The zero-order valence-electron chi connectivity index (χ0n) is 30.7. The average Bonchev–Trinajstić information content (AvgIpc) is 3.77. The lowest BCUT2D eigenvalue weighted by molar-refractivity contribution is -0.199. The number of hydrogen-bond acceptors (Lipinski definition) is 8. The molecule has 9 atom stereocenters. The first-order chi connectivity index (χ1) is 23.0. The number of ether oxygens (including phenoxy) is 1. The van der Waals surface area contributed by atoms with Crippen LogP contribution in [0.25, 0.3) is 0 Å². The van der Waals surface area contributed by atoms with Crippen LogP contribution in [0.2, 0.25) is 0 Å². The van der Waals surface area contributed by atoms with Gasteiger partial charge in [-0.2, -0.15) is 0 Å². The number of carbonyl (C=O) groups excluding carboxylic acids is 4. The Balaban J connectivity index is 1.12. The Hall–Kier alpha value is -2.38. The van der Waals surface area contributed by atoms with Gasteiger partial charge in [-0.05, 0) is 95.8 Å². The van der Waals surface area contributed by atoms with Crippen LogP contribution >= 0.6 is 0 Å². The van der Waals surface area contributed by atoms with Gasteiger partial charge in [0.2, 0.25) is 17.7 Å². The molecule has 4 amide bonds. The summed E-state index contributed by atoms with van der Waals surface area (Å²) in [4.78, 5) is 58.2. The van der Waals surface area contributed by atoms with Crippen LogP contribution in [0.5, 0.6) is 0 Å². The van der Waals surface area contributed by atoms with Gasteiger partial charge in [0.15, 0.2) is 0 Å². The largest absolute Gasteiger partial charge is 0.481 e. The Morgan fingerprint density at radius 1 is 0.959 bits per heavy atom. The third-order valence-electron chi connectivity index (χ3n) is 12.8. The minimum Gasteiger partial charge on any atom is -0.444 e. The SMILES string of the molecule is CCC(NC(=O)C1CC(O)CN1C(=O)C(NC(=O)OC(C)(C)C)C1CCCCC1)C(=O)N1CCCC1B1OC2CC3CC(C3(C)C)C2(C)O1. The summed E-state index contributed by atoms with van der Waals surface area (Å²) < 4.78 is 18.8. The van der Waals surface area contributed by atoms with E-state index in [-0.39, 0.29) is 47.9 Å². The van der Waals surface area contributed by atoms with Gasteiger partial charge in [-0.3, -0.25) is 14.4 Å². The molecule has 9 unspecified atom stereocenters. The molecule has 49 heavy (non-hydrogen) atoms. The van der Waals surface area contributed by atoms with Gasteiger partial charge in [-0.1, -0.05) is 40.0 Å². The van der Waals surface area contributed by atoms with Gasteiger partial charge in [0.25, 0.3) is 0 Å². The van der Waals surface area contributed by atoms with Crippen molar-refractivity contribution in [2.75, 3.05) is 13.1 Å². The van der Waals surface area contributed by atoms with Crippen LogP contribution in [-0.2, 0) is 28.4 Å². The van der Waals surface area contributed by atoms with Crippen LogP contribution in [0, 0.1) is 23.2 Å². The fourth-order valence-electron chi connectivity index (χ4n) is 9.99. The highest BCUT2D eigenvalue weighted by Crippen LogP contribution is 2.66. The number of nitrogens with one attached hydrogen (secondary N) is 2. The third kappa shape index (κ3) is 6.97. The van der Waals surface area contributed by atoms with E-state index in [9.17, 15) is 24.3 Å². The summed E-state index contributed by atoms with van der Waals surface area (Å²) in [5, 5.41) is 16.5. The highest BCUT2D eigenvalue weighted by Gasteiger charge is 2.69. The number of likely N-dealkylation sites (tertiary alicyclic amines) is 2. The van der Waals surface area contributed by atoms with Crippen molar-refractivity contribution in [3.05, 3.63) is 0 Å². The van der Waals surface area contributed by atoms with Gasteiger partial charge < -0.3 is 39.6 Å². The van der Waals surface area contributed by atoms with Crippen molar-refractivity contribution < 1.29 is 38.3 Å². The molecule has 274 valence electrons. The number of nitrogens with zero attached hydrogens (tertiary/aromatic N) is 2. The lowest BCUT2D eigenvalue weighted by Crippen LogP contribution is -2.65. The van der Waals surface area contributed by atoms with E-state index >= 15 is 0 Å². The molecule has 7 fully saturated rings. The standard InChI is InChI=1S/C36H59BN4O8/c1-8-24(31(44)40-16-12-15-28(40)37-48-27-18-22-17-26(35(22,5)6)36(27,7)49-37)38-30(43)25-19-23(42)20-41(25)32(45)29(21-13-10-9-11-14-21)39-33(46)47-34(2,3)4/h21-29,42H,8-20H2,1-7H3,(H,38,43)(H,39,46). The van der Waals surface area contributed by atoms with Crippen LogP contribution in [0.3, 0.4) is 0 Å². The fraction of sp³-hybridized carbons (Fsp3) is 0.889. The highest BCUT2D eigenvalue weighted by molar-refractivity contribution is 6.48. The molecule has 0 radical (unpaired) electrons. The van der Waals surface area contributed by atoms with Crippen LogP contribution in [0.15, 0.2) is 0 Å². The second-order valence-electron chi connectivity index (χ2n) is 17.5. The summed E-state index contributed by atoms with van der Waals surface area (Å²) in [6, 6.07) is -2.65. The molecule has 4 saturated carbocycles. The molecular weight excluding hydrogens is 627 g/mol. The zero-order valence-corrected chi connectivity index (χ0v) is 30.7. The van der Waals surface area contributed by atoms with E-state index in [1.807, 2.05) is 11.8 Å². The van der Waals surface area contributed by atoms with E-state index in [1.54, 1.807) is 20.8 Å². The van der Waals surface area contributed by atoms with Crippen molar-refractivity contribution in [2.45, 2.75) is 167 Å². The van der Waals surface area contributed by atoms with Crippen molar-refractivity contribution in [1.82, 2.24) is 20.4 Å². The van der Waals surface area contributed by atoms with Crippen LogP contribution in [0.1, 0.15) is 119 Å². The van der Waals surface area contributed by atoms with Gasteiger partial charge in [0.05, 0.1) is 23.8 Å². The number of aliphatic hydroxyl groups excluding tert-OH is 1. The van der Waals surface area contributed by atoms with E-state index in [2.05, 4.69) is 31.4 Å². The minimum atomic E-state index is -0.968. The number of amides is 4. The maximum absolute atomic E-state index is 14.2. The number of hydrogen-bond donors (Lipinski definition) is 3. The molecule has 3 heterocycles. The topological polar surface area (TPSA) is 147 Å². The monoisotopic (exact) mass is 686 g/mol. The van der Waals surface area contributed by atoms with E-state index in [0.29, 0.717) is 24.8 Å². The third-order valence-corrected chi connectivity index (χ3v) is 12.8. The highest BCUT2D eigenvalue weighted by atomic mass is 16.7. The first-order valence-corrected chi connectivity index (χ1v) is 19.0. The maximum atomic E-state index is 14.2. The molecule has 0 spiro atoms. The molecule has 12 nitrogen and oxygen atoms in total. The molecule has 2 bridgehead atoms. The first kappa shape index (κ1) is 36.4. The van der Waals surface area contributed by atoms with E-state index in [0.717, 1.165) is 57.8 Å². The Kier molecular flexibility index (Phi) is 10.1. The Bertz CT molecular complexity index is 1290. The van der Waals surface area contributed by atoms with Crippen LogP contribution in [0.4, 0.5) is 4.79 Å². The molecule has 4 aliphatic carbocycles. The van der Waals surface area contributed by atoms with Gasteiger partial charge in [-0.25, -0.2) is 4.79 Å². The van der Waals surface area contributed by atoms with Crippen molar-refractivity contribution in [1.29, 1.82) is 0 Å². The minimum absolute atomic E-state index is 0.0214. The molecule has 3 N–H and O–H groups in total. The second kappa shape index (κ2) is 13.6. The number of carbonyl (C=O) groups is 4. The van der Waals surface area contributed by atoms with Crippen molar-refractivity contribution >= 4 is 30.9 Å². The average molecular weight is 687 g/mol. The van der Waals surface area contributed by atoms with Gasteiger partial charge >= 0.3 is 13.2 Å². The molecule has 7 rings (SSSR count). The molecule has 0 aromatic rings. The molecule has 13 heteroatoms. The molecule has 0 aromatic carbocycles. The summed E-state index contributed by atoms with van der Waals surface area (Å²) in [6.45, 7) is 14.5. The molecule has 7 aliphatic rings. The second-order valence-corrected chi connectivity index (χ2v) is 17.5. The zero-order chi connectivity index (χ0) is 35.5. The Labute approximate surface area is 292 Å². The lowest BCUT2D eigenvalue weighted by atomic mass is 9.43. The number of β-amino-alcohol motifs (C(OH)–C–C–N with tert-alkyl or cyclic N) is 1. The van der Waals surface area contributed by atoms with Gasteiger partial charge in [-0.15, -0.1) is 0 Å². The number of alkyl carbamates (subject to hydrolysis) is 1. The number of aliphatic hydroxyl groups is 1. The summed E-state index contributed by atoms with van der Waals surface area (Å²) in [5.74, 6) is -0.345. The first-order valence-electron chi connectivity index (χ1n) is 19.0. The summed E-state index contributed by atoms with van der Waals surface area (Å²) in [5.41, 5.74) is -0.890. The Morgan fingerprint density at radius 2 is 1.67 bits per heavy atom. The Morgan fingerprint density at radius 3 is 2.33 bits per heavy atom. The molecule has 3 saturated heterocycles. The molecular formula is C36H59BN4O8. The van der Waals surface area contributed by atoms with Gasteiger partial charge in [0.1, 0.15) is 23.7 Å². The molecule has 0 aromatic heterocycles. The van der Waals surface area contributed by atoms with E-state index in [1.165, 1.54) is 4.90 Å². The summed E-state index contributed by atoms with van der Waals surface area (Å²) in [7, 11) is -0.503. The van der Waals surface area contributed by atoms with Crippen molar-refractivity contribution in [3.63, 3.8) is 0 Å².